The second kappa shape index (κ2) is 11.9. The zero-order valence-corrected chi connectivity index (χ0v) is 21.0. The molecule has 0 saturated heterocycles. The molecule has 0 bridgehead atoms. The van der Waals surface area contributed by atoms with Crippen molar-refractivity contribution in [2.45, 2.75) is 52.2 Å². The van der Waals surface area contributed by atoms with Gasteiger partial charge in [-0.3, -0.25) is 4.79 Å². The lowest BCUT2D eigenvalue weighted by Crippen LogP contribution is -2.15. The molecule has 3 aromatic rings. The van der Waals surface area contributed by atoms with E-state index in [4.69, 9.17) is 10.5 Å². The van der Waals surface area contributed by atoms with Crippen molar-refractivity contribution < 1.29 is 19.0 Å². The van der Waals surface area contributed by atoms with Crippen LogP contribution in [0.4, 0.5) is 15.2 Å². The van der Waals surface area contributed by atoms with E-state index in [9.17, 15) is 14.3 Å². The van der Waals surface area contributed by atoms with E-state index in [1.165, 1.54) is 17.4 Å². The number of rotatable bonds is 10. The predicted molar refractivity (Wildman–Crippen MR) is 138 cm³/mol. The Kier molecular flexibility index (Phi) is 8.99. The van der Waals surface area contributed by atoms with Crippen LogP contribution in [-0.2, 0) is 16.9 Å². The van der Waals surface area contributed by atoms with Crippen molar-refractivity contribution in [1.82, 2.24) is 4.98 Å². The molecule has 2 heterocycles. The number of unbranched alkanes of at least 4 members (excludes halogenated alkanes) is 1. The molecule has 184 valence electrons. The number of aromatic nitrogens is 1. The summed E-state index contributed by atoms with van der Waals surface area (Å²) in [5.74, 6) is 5.55. The van der Waals surface area contributed by atoms with Crippen LogP contribution >= 0.6 is 11.3 Å². The molecule has 4 N–H and O–H groups in total. The zero-order valence-electron chi connectivity index (χ0n) is 20.2. The van der Waals surface area contributed by atoms with Gasteiger partial charge in [-0.05, 0) is 50.1 Å². The molecular formula is C27H30FN3O3S. The van der Waals surface area contributed by atoms with Crippen LogP contribution in [0.1, 0.15) is 61.6 Å². The molecular weight excluding hydrogens is 465 g/mol. The third-order valence-corrected chi connectivity index (χ3v) is 6.19. The maximum absolute atomic E-state index is 14.8. The number of ether oxygens (including phenoxy) is 1. The number of hydrogen-bond donors (Lipinski definition) is 3. The van der Waals surface area contributed by atoms with Crippen molar-refractivity contribution in [2.24, 2.45) is 5.73 Å². The average molecular weight is 496 g/mol. The number of amides is 1. The summed E-state index contributed by atoms with van der Waals surface area (Å²) in [5, 5.41) is 13.7. The van der Waals surface area contributed by atoms with Gasteiger partial charge in [0.25, 0.3) is 5.91 Å². The number of primary amides is 1. The first-order chi connectivity index (χ1) is 16.7. The number of nitrogens with two attached hydrogens (primary N) is 1. The Hall–Kier alpha value is -3.25. The van der Waals surface area contributed by atoms with E-state index in [0.29, 0.717) is 46.5 Å². The lowest BCUT2D eigenvalue weighted by atomic mass is 9.96. The van der Waals surface area contributed by atoms with Crippen LogP contribution in [0.5, 0.6) is 0 Å². The number of carbonyl (C=O) groups is 1. The number of thiophene rings is 1. The molecule has 0 unspecified atom stereocenters. The van der Waals surface area contributed by atoms with Crippen molar-refractivity contribution in [2.75, 3.05) is 11.9 Å². The summed E-state index contributed by atoms with van der Waals surface area (Å²) < 4.78 is 20.5. The first-order valence-corrected chi connectivity index (χ1v) is 12.2. The third kappa shape index (κ3) is 7.36. The number of benzene rings is 1. The fourth-order valence-corrected chi connectivity index (χ4v) is 4.34. The highest BCUT2D eigenvalue weighted by atomic mass is 32.1. The molecule has 0 atom stereocenters. The normalized spacial score (nSPS) is 11.1. The number of aliphatic hydroxyl groups is 1. The van der Waals surface area contributed by atoms with Gasteiger partial charge in [-0.2, -0.15) is 0 Å². The number of pyridine rings is 1. The Labute approximate surface area is 209 Å². The van der Waals surface area contributed by atoms with Crippen LogP contribution in [0.25, 0.3) is 10.4 Å². The molecule has 0 aliphatic carbocycles. The lowest BCUT2D eigenvalue weighted by molar-refractivity contribution is 0.0782. The molecule has 1 aromatic carbocycles. The smallest absolute Gasteiger partial charge is 0.251 e. The first kappa shape index (κ1) is 26.4. The molecule has 2 aromatic heterocycles. The summed E-state index contributed by atoms with van der Waals surface area (Å²) in [6.45, 7) is 6.13. The van der Waals surface area contributed by atoms with Crippen molar-refractivity contribution in [3.05, 3.63) is 65.1 Å². The molecule has 6 nitrogen and oxygen atoms in total. The van der Waals surface area contributed by atoms with Crippen LogP contribution < -0.4 is 11.1 Å². The number of nitrogens with one attached hydrogen (secondary N) is 1. The topological polar surface area (TPSA) is 97.5 Å². The standard InChI is InChI=1S/C27H30FN3O3S/c1-4-5-6-7-8-14-34-17-19-10-9-11-24(30-19)31-26-21(25(29)32)16-23(35-26)20-13-12-18(15-22(20)28)27(2,3)33/h9-13,15-16,33H,4-5,8,14,17H2,1-3H3,(H2,29,32)(H,30,31). The molecule has 0 fully saturated rings. The lowest BCUT2D eigenvalue weighted by Gasteiger charge is -2.18. The van der Waals surface area contributed by atoms with Gasteiger partial charge in [-0.15, -0.1) is 23.2 Å². The minimum atomic E-state index is -1.16. The maximum atomic E-state index is 14.8. The zero-order chi connectivity index (χ0) is 25.4. The van der Waals surface area contributed by atoms with Crippen molar-refractivity contribution in [3.63, 3.8) is 0 Å². The number of halogens is 1. The molecule has 1 amide bonds. The van der Waals surface area contributed by atoms with Gasteiger partial charge in [0.2, 0.25) is 0 Å². The van der Waals surface area contributed by atoms with E-state index >= 15 is 0 Å². The van der Waals surface area contributed by atoms with E-state index in [1.807, 2.05) is 12.1 Å². The van der Waals surface area contributed by atoms with Gasteiger partial charge in [0, 0.05) is 23.3 Å². The molecule has 3 rings (SSSR count). The molecule has 8 heteroatoms. The SMILES string of the molecule is CCCC#CCCOCc1cccc(Nc2sc(-c3ccc(C(C)(C)O)cc3F)cc2C(N)=O)n1. The summed E-state index contributed by atoms with van der Waals surface area (Å²) in [7, 11) is 0. The summed E-state index contributed by atoms with van der Waals surface area (Å²) in [6, 6.07) is 11.6. The summed E-state index contributed by atoms with van der Waals surface area (Å²) in [4.78, 5) is 17.1. The quantitative estimate of drug-likeness (QED) is 0.247. The average Bonchev–Trinajstić information content (AvgIpc) is 3.22. The predicted octanol–water partition coefficient (Wildman–Crippen LogP) is 5.73. The Balaban J connectivity index is 1.75. The highest BCUT2D eigenvalue weighted by Gasteiger charge is 2.21. The van der Waals surface area contributed by atoms with Gasteiger partial charge in [-0.25, -0.2) is 9.37 Å². The molecule has 35 heavy (non-hydrogen) atoms. The van der Waals surface area contributed by atoms with Gasteiger partial charge >= 0.3 is 0 Å². The van der Waals surface area contributed by atoms with Crippen LogP contribution in [0, 0.1) is 17.7 Å². The van der Waals surface area contributed by atoms with Gasteiger partial charge in [0.05, 0.1) is 30.1 Å². The van der Waals surface area contributed by atoms with Crippen LogP contribution in [0.2, 0.25) is 0 Å². The highest BCUT2D eigenvalue weighted by Crippen LogP contribution is 2.38. The summed E-state index contributed by atoms with van der Waals surface area (Å²) in [6.07, 6.45) is 2.61. The van der Waals surface area contributed by atoms with E-state index in [-0.39, 0.29) is 5.56 Å². The Bertz CT molecular complexity index is 1240. The van der Waals surface area contributed by atoms with Gasteiger partial charge in [-0.1, -0.05) is 25.1 Å². The van der Waals surface area contributed by atoms with Crippen molar-refractivity contribution in [1.29, 1.82) is 0 Å². The highest BCUT2D eigenvalue weighted by molar-refractivity contribution is 7.19. The van der Waals surface area contributed by atoms with Crippen LogP contribution in [-0.4, -0.2) is 22.6 Å². The fourth-order valence-electron chi connectivity index (χ4n) is 3.24. The monoisotopic (exact) mass is 495 g/mol. The Morgan fingerprint density at radius 2 is 2.00 bits per heavy atom. The van der Waals surface area contributed by atoms with Crippen LogP contribution in [0.3, 0.4) is 0 Å². The van der Waals surface area contributed by atoms with Gasteiger partial charge < -0.3 is 20.9 Å². The summed E-state index contributed by atoms with van der Waals surface area (Å²) >= 11 is 1.20. The van der Waals surface area contributed by atoms with Crippen molar-refractivity contribution >= 4 is 28.1 Å². The van der Waals surface area contributed by atoms with Gasteiger partial charge in [0.15, 0.2) is 0 Å². The first-order valence-electron chi connectivity index (χ1n) is 11.4. The molecule has 0 radical (unpaired) electrons. The fraction of sp³-hybridized carbons (Fsp3) is 0.333. The second-order valence-corrected chi connectivity index (χ2v) is 9.57. The van der Waals surface area contributed by atoms with E-state index in [2.05, 4.69) is 29.1 Å². The van der Waals surface area contributed by atoms with E-state index in [1.54, 1.807) is 38.1 Å². The third-order valence-electron chi connectivity index (χ3n) is 5.11. The maximum Gasteiger partial charge on any atom is 0.251 e. The number of carbonyl (C=O) groups excluding carboxylic acids is 1. The minimum absolute atomic E-state index is 0.241. The number of anilines is 2. The van der Waals surface area contributed by atoms with Crippen molar-refractivity contribution in [3.8, 4) is 22.3 Å². The van der Waals surface area contributed by atoms with Crippen LogP contribution in [0.15, 0.2) is 42.5 Å². The summed E-state index contributed by atoms with van der Waals surface area (Å²) in [5.41, 5.74) is 6.16. The number of hydrogen-bond acceptors (Lipinski definition) is 6. The molecule has 0 aliphatic heterocycles. The van der Waals surface area contributed by atoms with E-state index < -0.39 is 17.3 Å². The molecule has 0 aliphatic rings. The van der Waals surface area contributed by atoms with Gasteiger partial charge in [0.1, 0.15) is 16.6 Å². The second-order valence-electron chi connectivity index (χ2n) is 8.52. The number of nitrogens with zero attached hydrogens (tertiary/aromatic N) is 1. The molecule has 0 spiro atoms. The molecule has 0 saturated carbocycles. The minimum Gasteiger partial charge on any atom is -0.386 e. The largest absolute Gasteiger partial charge is 0.386 e. The Morgan fingerprint density at radius 1 is 1.23 bits per heavy atom. The van der Waals surface area contributed by atoms with E-state index in [0.717, 1.165) is 18.5 Å². The Morgan fingerprint density at radius 3 is 2.69 bits per heavy atom.